The molecule has 0 bridgehead atoms. The molecule has 0 saturated carbocycles. The molecular formula is C17H21BrN4O2S. The molecule has 134 valence electrons. The number of hydrogen-bond acceptors (Lipinski definition) is 4. The van der Waals surface area contributed by atoms with E-state index in [1.807, 2.05) is 31.3 Å². The average molecular weight is 425 g/mol. The second kappa shape index (κ2) is 9.43. The Morgan fingerprint density at radius 3 is 2.84 bits per heavy atom. The van der Waals surface area contributed by atoms with Crippen molar-refractivity contribution in [3.63, 3.8) is 0 Å². The molecule has 3 N–H and O–H groups in total. The quantitative estimate of drug-likeness (QED) is 0.528. The van der Waals surface area contributed by atoms with Crippen molar-refractivity contribution >= 4 is 39.1 Å². The third kappa shape index (κ3) is 6.39. The van der Waals surface area contributed by atoms with Gasteiger partial charge in [0.2, 0.25) is 0 Å². The van der Waals surface area contributed by atoms with Crippen LogP contribution in [-0.4, -0.2) is 37.5 Å². The number of guanidine groups is 1. The van der Waals surface area contributed by atoms with Gasteiger partial charge < -0.3 is 20.7 Å². The van der Waals surface area contributed by atoms with Gasteiger partial charge in [0.05, 0.1) is 10.3 Å². The minimum absolute atomic E-state index is 0.127. The maximum atomic E-state index is 10.8. The Kier molecular flexibility index (Phi) is 7.27. The molecule has 0 aliphatic carbocycles. The number of amides is 1. The van der Waals surface area contributed by atoms with E-state index in [9.17, 15) is 4.79 Å². The van der Waals surface area contributed by atoms with Gasteiger partial charge in [-0.25, -0.2) is 0 Å². The minimum Gasteiger partial charge on any atom is -0.484 e. The highest BCUT2D eigenvalue weighted by atomic mass is 79.9. The number of rotatable bonds is 7. The van der Waals surface area contributed by atoms with E-state index in [0.29, 0.717) is 12.3 Å². The summed E-state index contributed by atoms with van der Waals surface area (Å²) in [4.78, 5) is 18.4. The van der Waals surface area contributed by atoms with Gasteiger partial charge >= 0.3 is 0 Å². The number of thiophene rings is 1. The lowest BCUT2D eigenvalue weighted by atomic mass is 10.2. The molecule has 0 radical (unpaired) electrons. The average Bonchev–Trinajstić information content (AvgIpc) is 2.99. The third-order valence-corrected chi connectivity index (χ3v) is 4.93. The van der Waals surface area contributed by atoms with Gasteiger partial charge in [-0.05, 0) is 45.8 Å². The molecular weight excluding hydrogens is 404 g/mol. The smallest absolute Gasteiger partial charge is 0.255 e. The summed E-state index contributed by atoms with van der Waals surface area (Å²) in [7, 11) is 3.75. The van der Waals surface area contributed by atoms with Gasteiger partial charge in [-0.1, -0.05) is 12.1 Å². The number of primary amides is 1. The molecule has 0 unspecified atom stereocenters. The molecule has 1 aromatic carbocycles. The van der Waals surface area contributed by atoms with Crippen molar-refractivity contribution < 1.29 is 9.53 Å². The van der Waals surface area contributed by atoms with Crippen molar-refractivity contribution in [2.24, 2.45) is 10.7 Å². The van der Waals surface area contributed by atoms with Gasteiger partial charge in [0.1, 0.15) is 5.75 Å². The Morgan fingerprint density at radius 2 is 2.20 bits per heavy atom. The summed E-state index contributed by atoms with van der Waals surface area (Å²) in [6.45, 7) is 1.24. The standard InChI is InChI=1S/C17H21BrN4O2S/c1-20-17(22(2)10-14-6-7-15(18)25-14)21-9-12-4-3-5-13(8-12)24-11-16(19)23/h3-8H,9-11H2,1-2H3,(H2,19,23)(H,20,21). The summed E-state index contributed by atoms with van der Waals surface area (Å²) in [5.74, 6) is 0.920. The van der Waals surface area contributed by atoms with Crippen LogP contribution in [0.1, 0.15) is 10.4 Å². The lowest BCUT2D eigenvalue weighted by molar-refractivity contribution is -0.119. The van der Waals surface area contributed by atoms with Crippen LogP contribution in [0.15, 0.2) is 45.2 Å². The molecule has 1 heterocycles. The molecule has 0 aliphatic rings. The van der Waals surface area contributed by atoms with Crippen LogP contribution in [0.3, 0.4) is 0 Å². The van der Waals surface area contributed by atoms with Gasteiger partial charge in [0.15, 0.2) is 12.6 Å². The van der Waals surface area contributed by atoms with Crippen molar-refractivity contribution in [1.82, 2.24) is 10.2 Å². The Labute approximate surface area is 159 Å². The van der Waals surface area contributed by atoms with E-state index in [2.05, 4.69) is 37.2 Å². The summed E-state index contributed by atoms with van der Waals surface area (Å²) in [6.07, 6.45) is 0. The van der Waals surface area contributed by atoms with Gasteiger partial charge in [0.25, 0.3) is 5.91 Å². The van der Waals surface area contributed by atoms with Crippen LogP contribution in [0, 0.1) is 0 Å². The molecule has 0 spiro atoms. The number of nitrogens with zero attached hydrogens (tertiary/aromatic N) is 2. The van der Waals surface area contributed by atoms with Crippen LogP contribution in [-0.2, 0) is 17.9 Å². The molecule has 0 saturated heterocycles. The Bertz CT molecular complexity index is 748. The first-order chi connectivity index (χ1) is 12.0. The molecule has 2 aromatic rings. The number of hydrogen-bond donors (Lipinski definition) is 2. The Hall–Kier alpha value is -2.06. The maximum Gasteiger partial charge on any atom is 0.255 e. The van der Waals surface area contributed by atoms with Gasteiger partial charge in [0, 0.05) is 25.5 Å². The van der Waals surface area contributed by atoms with Crippen LogP contribution in [0.5, 0.6) is 5.75 Å². The minimum atomic E-state index is -0.495. The lowest BCUT2D eigenvalue weighted by Crippen LogP contribution is -2.37. The molecule has 8 heteroatoms. The highest BCUT2D eigenvalue weighted by molar-refractivity contribution is 9.11. The highest BCUT2D eigenvalue weighted by Gasteiger charge is 2.08. The number of carbonyl (C=O) groups excluding carboxylic acids is 1. The van der Waals surface area contributed by atoms with Crippen molar-refractivity contribution in [3.8, 4) is 5.75 Å². The summed E-state index contributed by atoms with van der Waals surface area (Å²) in [6, 6.07) is 11.7. The zero-order valence-corrected chi connectivity index (χ0v) is 16.6. The van der Waals surface area contributed by atoms with E-state index in [-0.39, 0.29) is 6.61 Å². The number of aliphatic imine (C=N–C) groups is 1. The lowest BCUT2D eigenvalue weighted by Gasteiger charge is -2.21. The largest absolute Gasteiger partial charge is 0.484 e. The summed E-state index contributed by atoms with van der Waals surface area (Å²) in [5, 5.41) is 3.33. The van der Waals surface area contributed by atoms with Crippen molar-refractivity contribution in [1.29, 1.82) is 0 Å². The molecule has 25 heavy (non-hydrogen) atoms. The fourth-order valence-corrected chi connectivity index (χ4v) is 3.75. The van der Waals surface area contributed by atoms with Crippen LogP contribution in [0.4, 0.5) is 0 Å². The fraction of sp³-hybridized carbons (Fsp3) is 0.294. The van der Waals surface area contributed by atoms with Gasteiger partial charge in [-0.2, -0.15) is 0 Å². The molecule has 0 aliphatic heterocycles. The number of nitrogens with two attached hydrogens (primary N) is 1. The Balaban J connectivity index is 1.91. The van der Waals surface area contributed by atoms with Crippen LogP contribution >= 0.6 is 27.3 Å². The first kappa shape index (κ1) is 19.3. The fourth-order valence-electron chi connectivity index (χ4n) is 2.21. The SMILES string of the molecule is CN=C(NCc1cccc(OCC(N)=O)c1)N(C)Cc1ccc(Br)s1. The number of benzene rings is 1. The van der Waals surface area contributed by atoms with Crippen LogP contribution in [0.2, 0.25) is 0 Å². The Morgan fingerprint density at radius 1 is 1.40 bits per heavy atom. The molecule has 0 fully saturated rings. The number of carbonyl (C=O) groups is 1. The monoisotopic (exact) mass is 424 g/mol. The van der Waals surface area contributed by atoms with Crippen molar-refractivity contribution in [2.45, 2.75) is 13.1 Å². The zero-order valence-electron chi connectivity index (χ0n) is 14.2. The van der Waals surface area contributed by atoms with E-state index < -0.39 is 5.91 Å². The van der Waals surface area contributed by atoms with E-state index in [1.165, 1.54) is 4.88 Å². The predicted octanol–water partition coefficient (Wildman–Crippen LogP) is 2.58. The van der Waals surface area contributed by atoms with Crippen molar-refractivity contribution in [3.05, 3.63) is 50.6 Å². The third-order valence-electron chi connectivity index (χ3n) is 3.33. The van der Waals surface area contributed by atoms with Crippen molar-refractivity contribution in [2.75, 3.05) is 20.7 Å². The van der Waals surface area contributed by atoms with Crippen LogP contribution in [0.25, 0.3) is 0 Å². The van der Waals surface area contributed by atoms with Gasteiger partial charge in [-0.15, -0.1) is 11.3 Å². The summed E-state index contributed by atoms with van der Waals surface area (Å²) in [5.41, 5.74) is 6.12. The maximum absolute atomic E-state index is 10.8. The summed E-state index contributed by atoms with van der Waals surface area (Å²) >= 11 is 5.19. The van der Waals surface area contributed by atoms with Gasteiger partial charge in [-0.3, -0.25) is 9.79 Å². The second-order valence-electron chi connectivity index (χ2n) is 5.37. The van der Waals surface area contributed by atoms with E-state index in [0.717, 1.165) is 21.9 Å². The van der Waals surface area contributed by atoms with E-state index >= 15 is 0 Å². The first-order valence-corrected chi connectivity index (χ1v) is 9.25. The molecule has 1 amide bonds. The molecule has 0 atom stereocenters. The normalized spacial score (nSPS) is 11.2. The molecule has 1 aromatic heterocycles. The highest BCUT2D eigenvalue weighted by Crippen LogP contribution is 2.23. The molecule has 6 nitrogen and oxygen atoms in total. The number of nitrogens with one attached hydrogen (secondary N) is 1. The predicted molar refractivity (Wildman–Crippen MR) is 105 cm³/mol. The second-order valence-corrected chi connectivity index (χ2v) is 7.91. The topological polar surface area (TPSA) is 80.0 Å². The molecule has 2 rings (SSSR count). The summed E-state index contributed by atoms with van der Waals surface area (Å²) < 4.78 is 6.44. The number of halogens is 1. The zero-order chi connectivity index (χ0) is 18.2. The van der Waals surface area contributed by atoms with E-state index in [4.69, 9.17) is 10.5 Å². The first-order valence-electron chi connectivity index (χ1n) is 7.64. The van der Waals surface area contributed by atoms with E-state index in [1.54, 1.807) is 24.5 Å². The number of ether oxygens (including phenoxy) is 1. The van der Waals surface area contributed by atoms with Crippen LogP contribution < -0.4 is 15.8 Å².